The molecule has 1 aliphatic carbocycles. The molecular formula is C13H27N. The van der Waals surface area contributed by atoms with Crippen LogP contribution in [-0.4, -0.2) is 12.6 Å². The van der Waals surface area contributed by atoms with E-state index in [2.05, 4.69) is 33.0 Å². The Hall–Kier alpha value is -0.0400. The van der Waals surface area contributed by atoms with E-state index in [1.54, 1.807) is 0 Å². The van der Waals surface area contributed by atoms with Gasteiger partial charge in [0.15, 0.2) is 0 Å². The van der Waals surface area contributed by atoms with Crippen molar-refractivity contribution in [3.05, 3.63) is 0 Å². The molecule has 0 spiro atoms. The van der Waals surface area contributed by atoms with Gasteiger partial charge in [0.25, 0.3) is 0 Å². The lowest BCUT2D eigenvalue weighted by Gasteiger charge is -2.22. The molecule has 1 heteroatoms. The third-order valence-electron chi connectivity index (χ3n) is 4.29. The second-order valence-corrected chi connectivity index (χ2v) is 5.11. The van der Waals surface area contributed by atoms with Crippen LogP contribution in [0.25, 0.3) is 0 Å². The van der Waals surface area contributed by atoms with Gasteiger partial charge < -0.3 is 5.32 Å². The molecule has 0 aromatic heterocycles. The lowest BCUT2D eigenvalue weighted by molar-refractivity contribution is 0.339. The van der Waals surface area contributed by atoms with Crippen LogP contribution in [0.4, 0.5) is 0 Å². The lowest BCUT2D eigenvalue weighted by atomic mass is 9.97. The summed E-state index contributed by atoms with van der Waals surface area (Å²) in [5.41, 5.74) is 0. The summed E-state index contributed by atoms with van der Waals surface area (Å²) in [5.74, 6) is 2.69. The first-order chi connectivity index (χ1) is 6.69. The van der Waals surface area contributed by atoms with Gasteiger partial charge in [-0.25, -0.2) is 0 Å². The molecule has 0 aliphatic heterocycles. The van der Waals surface area contributed by atoms with E-state index in [4.69, 9.17) is 0 Å². The molecule has 0 aromatic rings. The third kappa shape index (κ3) is 2.98. The number of hydrogen-bond donors (Lipinski definition) is 1. The molecule has 1 aliphatic rings. The van der Waals surface area contributed by atoms with Gasteiger partial charge in [0.2, 0.25) is 0 Å². The predicted octanol–water partition coefficient (Wildman–Crippen LogP) is 3.45. The first-order valence-corrected chi connectivity index (χ1v) is 6.42. The zero-order valence-corrected chi connectivity index (χ0v) is 10.3. The Morgan fingerprint density at radius 3 is 2.21 bits per heavy atom. The third-order valence-corrected chi connectivity index (χ3v) is 4.29. The molecule has 14 heavy (non-hydrogen) atoms. The highest BCUT2D eigenvalue weighted by molar-refractivity contribution is 4.85. The molecule has 0 saturated heterocycles. The van der Waals surface area contributed by atoms with E-state index >= 15 is 0 Å². The van der Waals surface area contributed by atoms with Gasteiger partial charge in [0.05, 0.1) is 0 Å². The standard InChI is InChI=1S/C13H27N/c1-5-12(6-2)9-14-13-8-7-10(3)11(13)4/h10-14H,5-9H2,1-4H3. The average molecular weight is 197 g/mol. The predicted molar refractivity (Wildman–Crippen MR) is 63.4 cm³/mol. The van der Waals surface area contributed by atoms with Crippen molar-refractivity contribution in [2.24, 2.45) is 17.8 Å². The summed E-state index contributed by atoms with van der Waals surface area (Å²) in [6.45, 7) is 10.6. The maximum Gasteiger partial charge on any atom is 0.00954 e. The van der Waals surface area contributed by atoms with E-state index < -0.39 is 0 Å². The Morgan fingerprint density at radius 1 is 1.14 bits per heavy atom. The summed E-state index contributed by atoms with van der Waals surface area (Å²) >= 11 is 0. The van der Waals surface area contributed by atoms with Crippen LogP contribution in [0.15, 0.2) is 0 Å². The van der Waals surface area contributed by atoms with Crippen molar-refractivity contribution < 1.29 is 0 Å². The minimum atomic E-state index is 0.797. The first-order valence-electron chi connectivity index (χ1n) is 6.42. The molecule has 1 nitrogen and oxygen atoms in total. The maximum absolute atomic E-state index is 3.76. The van der Waals surface area contributed by atoms with E-state index in [9.17, 15) is 0 Å². The molecular weight excluding hydrogens is 170 g/mol. The van der Waals surface area contributed by atoms with Gasteiger partial charge in [-0.15, -0.1) is 0 Å². The highest BCUT2D eigenvalue weighted by Gasteiger charge is 2.29. The smallest absolute Gasteiger partial charge is 0.00954 e. The second kappa shape index (κ2) is 5.75. The van der Waals surface area contributed by atoms with Gasteiger partial charge in [-0.3, -0.25) is 0 Å². The van der Waals surface area contributed by atoms with Gasteiger partial charge in [0.1, 0.15) is 0 Å². The van der Waals surface area contributed by atoms with Crippen molar-refractivity contribution in [2.75, 3.05) is 6.54 Å². The minimum Gasteiger partial charge on any atom is -0.313 e. The van der Waals surface area contributed by atoms with Crippen LogP contribution in [0, 0.1) is 17.8 Å². The molecule has 84 valence electrons. The van der Waals surface area contributed by atoms with Crippen molar-refractivity contribution >= 4 is 0 Å². The molecule has 1 saturated carbocycles. The molecule has 3 atom stereocenters. The van der Waals surface area contributed by atoms with Gasteiger partial charge in [-0.05, 0) is 37.1 Å². The van der Waals surface area contributed by atoms with Crippen LogP contribution in [0.1, 0.15) is 53.4 Å². The van der Waals surface area contributed by atoms with Crippen LogP contribution in [0.2, 0.25) is 0 Å². The van der Waals surface area contributed by atoms with Crippen LogP contribution in [-0.2, 0) is 0 Å². The van der Waals surface area contributed by atoms with Crippen LogP contribution < -0.4 is 5.32 Å². The average Bonchev–Trinajstić information content (AvgIpc) is 2.51. The Kier molecular flexibility index (Phi) is 4.94. The number of nitrogens with one attached hydrogen (secondary N) is 1. The van der Waals surface area contributed by atoms with E-state index in [0.29, 0.717) is 0 Å². The Balaban J connectivity index is 2.24. The summed E-state index contributed by atoms with van der Waals surface area (Å²) in [6, 6.07) is 0.797. The highest BCUT2D eigenvalue weighted by Crippen LogP contribution is 2.31. The molecule has 0 radical (unpaired) electrons. The van der Waals surface area contributed by atoms with E-state index in [0.717, 1.165) is 23.8 Å². The monoisotopic (exact) mass is 197 g/mol. The van der Waals surface area contributed by atoms with E-state index in [-0.39, 0.29) is 0 Å². The summed E-state index contributed by atoms with van der Waals surface area (Å²) in [5, 5.41) is 3.76. The largest absolute Gasteiger partial charge is 0.313 e. The van der Waals surface area contributed by atoms with Crippen molar-refractivity contribution in [2.45, 2.75) is 59.4 Å². The number of rotatable bonds is 5. The quantitative estimate of drug-likeness (QED) is 0.712. The summed E-state index contributed by atoms with van der Waals surface area (Å²) < 4.78 is 0. The molecule has 0 amide bonds. The summed E-state index contributed by atoms with van der Waals surface area (Å²) in [6.07, 6.45) is 5.45. The first kappa shape index (κ1) is 12.0. The Bertz CT molecular complexity index is 151. The second-order valence-electron chi connectivity index (χ2n) is 5.11. The minimum absolute atomic E-state index is 0.797. The molecule has 0 heterocycles. The van der Waals surface area contributed by atoms with Gasteiger partial charge in [-0.2, -0.15) is 0 Å². The zero-order valence-electron chi connectivity index (χ0n) is 10.3. The Morgan fingerprint density at radius 2 is 1.79 bits per heavy atom. The molecule has 1 rings (SSSR count). The maximum atomic E-state index is 3.76. The lowest BCUT2D eigenvalue weighted by Crippen LogP contribution is -2.35. The molecule has 0 aromatic carbocycles. The van der Waals surface area contributed by atoms with Crippen LogP contribution in [0.3, 0.4) is 0 Å². The van der Waals surface area contributed by atoms with Crippen LogP contribution in [0.5, 0.6) is 0 Å². The van der Waals surface area contributed by atoms with Gasteiger partial charge in [0, 0.05) is 6.04 Å². The SMILES string of the molecule is CCC(CC)CNC1CCC(C)C1C. The van der Waals surface area contributed by atoms with Gasteiger partial charge in [-0.1, -0.05) is 40.5 Å². The topological polar surface area (TPSA) is 12.0 Å². The van der Waals surface area contributed by atoms with Crippen LogP contribution >= 0.6 is 0 Å². The van der Waals surface area contributed by atoms with E-state index in [1.807, 2.05) is 0 Å². The van der Waals surface area contributed by atoms with Crippen molar-refractivity contribution in [1.29, 1.82) is 0 Å². The van der Waals surface area contributed by atoms with Crippen molar-refractivity contribution in [3.8, 4) is 0 Å². The van der Waals surface area contributed by atoms with E-state index in [1.165, 1.54) is 32.2 Å². The fourth-order valence-electron chi connectivity index (χ4n) is 2.55. The molecule has 3 unspecified atom stereocenters. The summed E-state index contributed by atoms with van der Waals surface area (Å²) in [4.78, 5) is 0. The number of hydrogen-bond acceptors (Lipinski definition) is 1. The normalized spacial score (nSPS) is 32.8. The molecule has 1 fully saturated rings. The van der Waals surface area contributed by atoms with Crippen molar-refractivity contribution in [1.82, 2.24) is 5.32 Å². The van der Waals surface area contributed by atoms with Gasteiger partial charge >= 0.3 is 0 Å². The van der Waals surface area contributed by atoms with Crippen molar-refractivity contribution in [3.63, 3.8) is 0 Å². The molecule has 0 bridgehead atoms. The zero-order chi connectivity index (χ0) is 10.6. The fourth-order valence-corrected chi connectivity index (χ4v) is 2.55. The molecule has 1 N–H and O–H groups in total. The fraction of sp³-hybridized carbons (Fsp3) is 1.00. The highest BCUT2D eigenvalue weighted by atomic mass is 14.9. The Labute approximate surface area is 89.7 Å². The summed E-state index contributed by atoms with van der Waals surface area (Å²) in [7, 11) is 0.